The molecule has 0 aliphatic heterocycles. The van der Waals surface area contributed by atoms with E-state index < -0.39 is 5.82 Å². The Bertz CT molecular complexity index is 1160. The fourth-order valence-corrected chi connectivity index (χ4v) is 3.67. The zero-order valence-electron chi connectivity index (χ0n) is 14.5. The van der Waals surface area contributed by atoms with Gasteiger partial charge in [0.15, 0.2) is 23.0 Å². The molecule has 0 radical (unpaired) electrons. The number of carbonyl (C=O) groups excluding carboxylic acids is 1. The Morgan fingerprint density at radius 1 is 1.41 bits per heavy atom. The lowest BCUT2D eigenvalue weighted by Crippen LogP contribution is -2.00. The Morgan fingerprint density at radius 2 is 2.26 bits per heavy atom. The largest absolute Gasteiger partial charge is 0.489 e. The van der Waals surface area contributed by atoms with E-state index >= 15 is 4.39 Å². The molecule has 0 bridgehead atoms. The molecule has 27 heavy (non-hydrogen) atoms. The predicted molar refractivity (Wildman–Crippen MR) is 101 cm³/mol. The fourth-order valence-electron chi connectivity index (χ4n) is 2.98. The molecular weight excluding hydrogens is 371 g/mol. The molecule has 1 amide bonds. The highest BCUT2D eigenvalue weighted by Crippen LogP contribution is 2.43. The number of amides is 1. The average molecular weight is 386 g/mol. The zero-order chi connectivity index (χ0) is 19.0. The van der Waals surface area contributed by atoms with Crippen molar-refractivity contribution in [3.05, 3.63) is 30.6 Å². The molecule has 2 N–H and O–H groups in total. The minimum atomic E-state index is -0.452. The first-order valence-electron chi connectivity index (χ1n) is 8.08. The molecular formula is C17H15FN6O2S. The van der Waals surface area contributed by atoms with Crippen LogP contribution in [-0.4, -0.2) is 43.8 Å². The number of nitrogens with zero attached hydrogens (tertiary/aromatic N) is 4. The Labute approximate surface area is 157 Å². The highest BCUT2D eigenvalue weighted by molar-refractivity contribution is 7.98. The van der Waals surface area contributed by atoms with E-state index in [4.69, 9.17) is 4.74 Å². The van der Waals surface area contributed by atoms with Crippen LogP contribution in [0.5, 0.6) is 5.75 Å². The monoisotopic (exact) mass is 386 g/mol. The van der Waals surface area contributed by atoms with Gasteiger partial charge in [0, 0.05) is 17.1 Å². The van der Waals surface area contributed by atoms with Gasteiger partial charge in [0.25, 0.3) is 0 Å². The molecule has 138 valence electrons. The molecule has 0 spiro atoms. The first-order chi connectivity index (χ1) is 13.2. The number of ether oxygens (including phenoxy) is 1. The van der Waals surface area contributed by atoms with Crippen LogP contribution in [0.4, 0.5) is 10.2 Å². The number of halogens is 1. The van der Waals surface area contributed by atoms with Crippen LogP contribution in [-0.2, 0) is 4.79 Å². The number of hydrogen-bond acceptors (Lipinski definition) is 6. The molecule has 4 rings (SSSR count). The number of benzene rings is 1. The summed E-state index contributed by atoms with van der Waals surface area (Å²) in [6.45, 7) is 2.14. The second kappa shape index (κ2) is 6.88. The number of carbonyl (C=O) groups is 1. The molecule has 3 aromatic heterocycles. The topological polar surface area (TPSA) is 97.2 Å². The van der Waals surface area contributed by atoms with Crippen LogP contribution in [0.15, 0.2) is 29.7 Å². The van der Waals surface area contributed by atoms with Crippen molar-refractivity contribution in [1.29, 1.82) is 0 Å². The van der Waals surface area contributed by atoms with Gasteiger partial charge < -0.3 is 14.5 Å². The van der Waals surface area contributed by atoms with Crippen LogP contribution in [0.3, 0.4) is 0 Å². The molecule has 10 heteroatoms. The summed E-state index contributed by atoms with van der Waals surface area (Å²) >= 11 is 1.27. The second-order valence-corrected chi connectivity index (χ2v) is 6.39. The highest BCUT2D eigenvalue weighted by atomic mass is 32.2. The molecule has 0 saturated carbocycles. The second-order valence-electron chi connectivity index (χ2n) is 5.57. The van der Waals surface area contributed by atoms with Gasteiger partial charge in [-0.25, -0.2) is 9.37 Å². The Kier molecular flexibility index (Phi) is 4.40. The van der Waals surface area contributed by atoms with Crippen molar-refractivity contribution in [2.75, 3.05) is 18.2 Å². The maximum atomic E-state index is 15.1. The van der Waals surface area contributed by atoms with E-state index in [0.29, 0.717) is 51.5 Å². The van der Waals surface area contributed by atoms with Gasteiger partial charge >= 0.3 is 0 Å². The summed E-state index contributed by atoms with van der Waals surface area (Å²) in [5.41, 5.74) is 2.21. The van der Waals surface area contributed by atoms with Gasteiger partial charge in [0.1, 0.15) is 5.52 Å². The standard InChI is InChI=1S/C17H15FN6O2S/c1-3-26-16-14(18)17(27-2)13(9-4-21-23-15(9)16)10-6-24-7-11(20-8-25)22-12(24)5-19-10/h4-8H,3H2,1-2H3,(H,20,25)(H,21,23). The summed E-state index contributed by atoms with van der Waals surface area (Å²) in [4.78, 5) is 19.7. The van der Waals surface area contributed by atoms with E-state index in [1.807, 2.05) is 0 Å². The van der Waals surface area contributed by atoms with Crippen LogP contribution in [0.1, 0.15) is 6.92 Å². The number of imidazole rings is 1. The Balaban J connectivity index is 1.98. The third-order valence-corrected chi connectivity index (χ3v) is 4.85. The number of aromatic amines is 1. The summed E-state index contributed by atoms with van der Waals surface area (Å²) in [6.07, 6.45) is 8.94. The number of fused-ring (bicyclic) bond motifs is 2. The number of hydrogen-bond donors (Lipinski definition) is 2. The lowest BCUT2D eigenvalue weighted by Gasteiger charge is -2.14. The van der Waals surface area contributed by atoms with Crippen LogP contribution < -0.4 is 10.1 Å². The van der Waals surface area contributed by atoms with Gasteiger partial charge in [0.05, 0.1) is 35.8 Å². The summed E-state index contributed by atoms with van der Waals surface area (Å²) in [5, 5.41) is 10.1. The van der Waals surface area contributed by atoms with Crippen molar-refractivity contribution >= 4 is 40.5 Å². The zero-order valence-corrected chi connectivity index (χ0v) is 15.3. The molecule has 0 saturated heterocycles. The number of rotatable bonds is 6. The molecule has 0 atom stereocenters. The third kappa shape index (κ3) is 2.78. The minimum absolute atomic E-state index is 0.152. The summed E-state index contributed by atoms with van der Waals surface area (Å²) < 4.78 is 22.4. The number of anilines is 1. The van der Waals surface area contributed by atoms with E-state index in [0.717, 1.165) is 0 Å². The van der Waals surface area contributed by atoms with Crippen molar-refractivity contribution in [2.45, 2.75) is 11.8 Å². The van der Waals surface area contributed by atoms with Crippen molar-refractivity contribution < 1.29 is 13.9 Å². The molecule has 4 aromatic rings. The number of aromatic nitrogens is 5. The summed E-state index contributed by atoms with van der Waals surface area (Å²) in [6, 6.07) is 0. The molecule has 1 aromatic carbocycles. The average Bonchev–Trinajstić information content (AvgIpc) is 3.29. The van der Waals surface area contributed by atoms with Gasteiger partial charge in [0.2, 0.25) is 6.41 Å². The molecule has 0 unspecified atom stereocenters. The predicted octanol–water partition coefficient (Wildman–Crippen LogP) is 3.10. The number of nitrogens with one attached hydrogen (secondary N) is 2. The summed E-state index contributed by atoms with van der Waals surface area (Å²) in [5.74, 6) is 0.103. The Morgan fingerprint density at radius 3 is 3.00 bits per heavy atom. The molecule has 0 aliphatic rings. The maximum Gasteiger partial charge on any atom is 0.212 e. The molecule has 0 aliphatic carbocycles. The van der Waals surface area contributed by atoms with Crippen LogP contribution in [0, 0.1) is 5.82 Å². The van der Waals surface area contributed by atoms with Crippen LogP contribution >= 0.6 is 11.8 Å². The lowest BCUT2D eigenvalue weighted by atomic mass is 10.1. The Hall–Kier alpha value is -3.14. The number of thioether (sulfide) groups is 1. The number of H-pyrrole nitrogens is 1. The summed E-state index contributed by atoms with van der Waals surface area (Å²) in [7, 11) is 0. The van der Waals surface area contributed by atoms with E-state index in [2.05, 4.69) is 25.5 Å². The molecule has 0 fully saturated rings. The van der Waals surface area contributed by atoms with E-state index in [-0.39, 0.29) is 5.75 Å². The maximum absolute atomic E-state index is 15.1. The highest BCUT2D eigenvalue weighted by Gasteiger charge is 2.23. The van der Waals surface area contributed by atoms with Gasteiger partial charge in [-0.05, 0) is 13.2 Å². The van der Waals surface area contributed by atoms with Gasteiger partial charge in [-0.15, -0.1) is 11.8 Å². The van der Waals surface area contributed by atoms with Crippen LogP contribution in [0.2, 0.25) is 0 Å². The first-order valence-corrected chi connectivity index (χ1v) is 9.31. The van der Waals surface area contributed by atoms with Crippen molar-refractivity contribution in [3.8, 4) is 17.0 Å². The molecule has 8 nitrogen and oxygen atoms in total. The normalized spacial score (nSPS) is 11.2. The fraction of sp³-hybridized carbons (Fsp3) is 0.176. The lowest BCUT2D eigenvalue weighted by molar-refractivity contribution is -0.105. The van der Waals surface area contributed by atoms with Crippen molar-refractivity contribution in [1.82, 2.24) is 24.6 Å². The molecule has 3 heterocycles. The first kappa shape index (κ1) is 17.3. The van der Waals surface area contributed by atoms with E-state index in [1.165, 1.54) is 11.8 Å². The van der Waals surface area contributed by atoms with E-state index in [9.17, 15) is 4.79 Å². The smallest absolute Gasteiger partial charge is 0.212 e. The van der Waals surface area contributed by atoms with Gasteiger partial charge in [-0.2, -0.15) is 5.10 Å². The van der Waals surface area contributed by atoms with E-state index in [1.54, 1.807) is 42.4 Å². The minimum Gasteiger partial charge on any atom is -0.489 e. The third-order valence-electron chi connectivity index (χ3n) is 4.06. The van der Waals surface area contributed by atoms with Crippen LogP contribution in [0.25, 0.3) is 27.8 Å². The quantitative estimate of drug-likeness (QED) is 0.390. The van der Waals surface area contributed by atoms with Gasteiger partial charge in [-0.1, -0.05) is 0 Å². The van der Waals surface area contributed by atoms with Gasteiger partial charge in [-0.3, -0.25) is 14.9 Å². The van der Waals surface area contributed by atoms with Crippen molar-refractivity contribution in [2.24, 2.45) is 0 Å². The van der Waals surface area contributed by atoms with Crippen molar-refractivity contribution in [3.63, 3.8) is 0 Å². The SMILES string of the molecule is CCOc1c(F)c(SC)c(-c2cn3cc(NC=O)nc3cn2)c2cn[nH]c12.